The first-order valence-corrected chi connectivity index (χ1v) is 8.80. The van der Waals surface area contributed by atoms with E-state index in [0.29, 0.717) is 10.2 Å². The van der Waals surface area contributed by atoms with Gasteiger partial charge in [-0.25, -0.2) is 12.8 Å². The van der Waals surface area contributed by atoms with Gasteiger partial charge in [0.05, 0.1) is 10.6 Å². The van der Waals surface area contributed by atoms with Gasteiger partial charge in [-0.15, -0.1) is 0 Å². The summed E-state index contributed by atoms with van der Waals surface area (Å²) >= 11 is 3.10. The highest BCUT2D eigenvalue weighted by atomic mass is 79.9. The minimum absolute atomic E-state index is 0.0273. The van der Waals surface area contributed by atoms with Crippen LogP contribution in [0.3, 0.4) is 0 Å². The van der Waals surface area contributed by atoms with Crippen molar-refractivity contribution in [3.05, 3.63) is 52.8 Å². The van der Waals surface area contributed by atoms with E-state index in [1.807, 2.05) is 0 Å². The molecule has 2 aromatic carbocycles. The first kappa shape index (κ1) is 17.4. The molecule has 0 saturated heterocycles. The lowest BCUT2D eigenvalue weighted by molar-refractivity contribution is -0.116. The zero-order valence-corrected chi connectivity index (χ0v) is 14.8. The van der Waals surface area contributed by atoms with E-state index in [0.717, 1.165) is 0 Å². The molecule has 0 aliphatic rings. The van der Waals surface area contributed by atoms with Crippen LogP contribution in [-0.2, 0) is 14.8 Å². The predicted octanol–water partition coefficient (Wildman–Crippen LogP) is 3.37. The van der Waals surface area contributed by atoms with E-state index in [2.05, 4.69) is 20.7 Å². The third-order valence-electron chi connectivity index (χ3n) is 3.18. The molecule has 0 atom stereocenters. The van der Waals surface area contributed by atoms with E-state index in [-0.39, 0.29) is 16.5 Å². The molecule has 0 aromatic heterocycles. The van der Waals surface area contributed by atoms with Crippen LogP contribution in [0.5, 0.6) is 0 Å². The van der Waals surface area contributed by atoms with Crippen LogP contribution in [0.4, 0.5) is 15.8 Å². The Bertz CT molecular complexity index is 838. The highest BCUT2D eigenvalue weighted by molar-refractivity contribution is 9.10. The third-order valence-corrected chi connectivity index (χ3v) is 5.06. The molecule has 122 valence electrons. The fraction of sp³-hybridized carbons (Fsp3) is 0.133. The number of nitrogens with one attached hydrogen (secondary N) is 1. The van der Waals surface area contributed by atoms with Crippen LogP contribution in [0.25, 0.3) is 0 Å². The van der Waals surface area contributed by atoms with Crippen LogP contribution in [-0.4, -0.2) is 21.4 Å². The highest BCUT2D eigenvalue weighted by Gasteiger charge is 2.17. The number of rotatable bonds is 4. The first-order chi connectivity index (χ1) is 10.7. The third kappa shape index (κ3) is 4.08. The molecule has 0 aliphatic heterocycles. The number of sulfonamides is 1. The molecule has 0 aliphatic carbocycles. The summed E-state index contributed by atoms with van der Waals surface area (Å²) in [5.41, 5.74) is 0.421. The fourth-order valence-electron chi connectivity index (χ4n) is 1.81. The molecule has 0 saturated carbocycles. The Morgan fingerprint density at radius 1 is 1.17 bits per heavy atom. The molecule has 0 unspecified atom stereocenters. The smallest absolute Gasteiger partial charge is 0.261 e. The minimum atomic E-state index is -3.92. The standard InChI is InChI=1S/C15H14BrFN2O3S/c1-10(20)19(2)12-4-6-13(7-5-12)23(21,22)18-15-8-3-11(16)9-14(15)17/h3-9,18H,1-2H3. The van der Waals surface area contributed by atoms with E-state index >= 15 is 0 Å². The van der Waals surface area contributed by atoms with Crippen molar-refractivity contribution >= 4 is 43.2 Å². The molecule has 0 heterocycles. The lowest BCUT2D eigenvalue weighted by Gasteiger charge is -2.15. The van der Waals surface area contributed by atoms with Gasteiger partial charge in [0.25, 0.3) is 10.0 Å². The highest BCUT2D eigenvalue weighted by Crippen LogP contribution is 2.23. The van der Waals surface area contributed by atoms with Gasteiger partial charge in [-0.05, 0) is 42.5 Å². The second-order valence-electron chi connectivity index (χ2n) is 4.80. The van der Waals surface area contributed by atoms with Crippen LogP contribution in [0.2, 0.25) is 0 Å². The Balaban J connectivity index is 2.27. The number of nitrogens with zero attached hydrogens (tertiary/aromatic N) is 1. The Labute approximate surface area is 142 Å². The van der Waals surface area contributed by atoms with Crippen LogP contribution in [0.15, 0.2) is 51.8 Å². The van der Waals surface area contributed by atoms with Gasteiger partial charge in [-0.3, -0.25) is 9.52 Å². The van der Waals surface area contributed by atoms with Crippen molar-refractivity contribution in [2.45, 2.75) is 11.8 Å². The van der Waals surface area contributed by atoms with Gasteiger partial charge < -0.3 is 4.90 Å². The van der Waals surface area contributed by atoms with Gasteiger partial charge >= 0.3 is 0 Å². The van der Waals surface area contributed by atoms with Crippen molar-refractivity contribution in [1.82, 2.24) is 0 Å². The van der Waals surface area contributed by atoms with Gasteiger partial charge in [-0.1, -0.05) is 15.9 Å². The maximum Gasteiger partial charge on any atom is 0.261 e. The quantitative estimate of drug-likeness (QED) is 0.855. The molecule has 8 heteroatoms. The van der Waals surface area contributed by atoms with Crippen LogP contribution >= 0.6 is 15.9 Å². The topological polar surface area (TPSA) is 66.5 Å². The van der Waals surface area contributed by atoms with Gasteiger partial charge in [0, 0.05) is 24.1 Å². The van der Waals surface area contributed by atoms with E-state index in [1.54, 1.807) is 7.05 Å². The summed E-state index contributed by atoms with van der Waals surface area (Å²) in [6, 6.07) is 9.76. The molecule has 1 N–H and O–H groups in total. The maximum atomic E-state index is 13.8. The summed E-state index contributed by atoms with van der Waals surface area (Å²) in [4.78, 5) is 12.6. The average molecular weight is 401 g/mol. The maximum absolute atomic E-state index is 13.8. The first-order valence-electron chi connectivity index (χ1n) is 6.53. The van der Waals surface area contributed by atoms with Gasteiger partial charge in [0.15, 0.2) is 0 Å². The zero-order valence-electron chi connectivity index (χ0n) is 12.4. The summed E-state index contributed by atoms with van der Waals surface area (Å²) in [5, 5.41) is 0. The zero-order chi connectivity index (χ0) is 17.2. The molecule has 0 radical (unpaired) electrons. The summed E-state index contributed by atoms with van der Waals surface area (Å²) < 4.78 is 41.0. The molecule has 0 bridgehead atoms. The molecule has 2 aromatic rings. The Morgan fingerprint density at radius 3 is 2.30 bits per heavy atom. The number of hydrogen-bond donors (Lipinski definition) is 1. The van der Waals surface area contributed by atoms with E-state index < -0.39 is 15.8 Å². The predicted molar refractivity (Wildman–Crippen MR) is 90.4 cm³/mol. The normalized spacial score (nSPS) is 11.1. The largest absolute Gasteiger partial charge is 0.316 e. The number of anilines is 2. The molecular weight excluding hydrogens is 387 g/mol. The van der Waals surface area contributed by atoms with Crippen molar-refractivity contribution < 1.29 is 17.6 Å². The van der Waals surface area contributed by atoms with E-state index in [1.165, 1.54) is 54.3 Å². The molecular formula is C15H14BrFN2O3S. The second kappa shape index (κ2) is 6.67. The van der Waals surface area contributed by atoms with E-state index in [4.69, 9.17) is 0 Å². The lowest BCUT2D eigenvalue weighted by atomic mass is 10.3. The summed E-state index contributed by atoms with van der Waals surface area (Å²) in [5.74, 6) is -0.855. The molecule has 1 amide bonds. The number of amides is 1. The fourth-order valence-corrected chi connectivity index (χ4v) is 3.21. The number of benzene rings is 2. The van der Waals surface area contributed by atoms with Crippen molar-refractivity contribution in [3.63, 3.8) is 0 Å². The summed E-state index contributed by atoms with van der Waals surface area (Å²) in [7, 11) is -2.34. The van der Waals surface area contributed by atoms with E-state index in [9.17, 15) is 17.6 Å². The van der Waals surface area contributed by atoms with Gasteiger partial charge in [0.2, 0.25) is 5.91 Å². The Morgan fingerprint density at radius 2 is 1.78 bits per heavy atom. The SMILES string of the molecule is CC(=O)N(C)c1ccc(S(=O)(=O)Nc2ccc(Br)cc2F)cc1. The Hall–Kier alpha value is -1.93. The van der Waals surface area contributed by atoms with Crippen LogP contribution in [0.1, 0.15) is 6.92 Å². The average Bonchev–Trinajstić information content (AvgIpc) is 2.49. The number of hydrogen-bond acceptors (Lipinski definition) is 3. The molecule has 0 fully saturated rings. The summed E-state index contributed by atoms with van der Waals surface area (Å²) in [6.45, 7) is 1.41. The number of carbonyl (C=O) groups is 1. The molecule has 0 spiro atoms. The molecule has 5 nitrogen and oxygen atoms in total. The number of halogens is 2. The van der Waals surface area contributed by atoms with Crippen LogP contribution in [0, 0.1) is 5.82 Å². The summed E-state index contributed by atoms with van der Waals surface area (Å²) in [6.07, 6.45) is 0. The second-order valence-corrected chi connectivity index (χ2v) is 7.40. The van der Waals surface area contributed by atoms with Crippen molar-refractivity contribution in [1.29, 1.82) is 0 Å². The number of carbonyl (C=O) groups excluding carboxylic acids is 1. The van der Waals surface area contributed by atoms with Crippen molar-refractivity contribution in [2.24, 2.45) is 0 Å². The lowest BCUT2D eigenvalue weighted by Crippen LogP contribution is -2.22. The van der Waals surface area contributed by atoms with Gasteiger partial charge in [0.1, 0.15) is 5.82 Å². The minimum Gasteiger partial charge on any atom is -0.316 e. The van der Waals surface area contributed by atoms with Crippen LogP contribution < -0.4 is 9.62 Å². The van der Waals surface area contributed by atoms with Crippen molar-refractivity contribution in [2.75, 3.05) is 16.7 Å². The van der Waals surface area contributed by atoms with Gasteiger partial charge in [-0.2, -0.15) is 0 Å². The molecule has 23 heavy (non-hydrogen) atoms. The molecule has 2 rings (SSSR count). The van der Waals surface area contributed by atoms with Crippen molar-refractivity contribution in [3.8, 4) is 0 Å². The Kier molecular flexibility index (Phi) is 5.06. The monoisotopic (exact) mass is 400 g/mol.